The van der Waals surface area contributed by atoms with Crippen molar-refractivity contribution in [2.45, 2.75) is 19.3 Å². The number of allylic oxidation sites excluding steroid dienone is 2. The van der Waals surface area contributed by atoms with E-state index in [1.165, 1.54) is 0 Å². The minimum absolute atomic E-state index is 0.194. The summed E-state index contributed by atoms with van der Waals surface area (Å²) in [5.74, 6) is 0.929. The molecule has 15 heavy (non-hydrogen) atoms. The van der Waals surface area contributed by atoms with E-state index in [4.69, 9.17) is 4.74 Å². The number of methoxy groups -OCH3 is 1. The fourth-order valence-electron chi connectivity index (χ4n) is 1.91. The molecule has 0 N–H and O–H groups in total. The van der Waals surface area contributed by atoms with Crippen LogP contribution in [0.4, 0.5) is 0 Å². The fourth-order valence-corrected chi connectivity index (χ4v) is 1.91. The number of ketones is 1. The molecule has 0 fully saturated rings. The summed E-state index contributed by atoms with van der Waals surface area (Å²) < 4.78 is 6.97. The molecule has 4 heteroatoms. The zero-order chi connectivity index (χ0) is 10.8. The molecule has 2 rings (SSSR count). The van der Waals surface area contributed by atoms with Crippen LogP contribution in [0.15, 0.2) is 12.3 Å². The minimum Gasteiger partial charge on any atom is -0.493 e. The summed E-state index contributed by atoms with van der Waals surface area (Å²) in [4.78, 5) is 11.3. The van der Waals surface area contributed by atoms with Gasteiger partial charge in [-0.15, -0.1) is 0 Å². The summed E-state index contributed by atoms with van der Waals surface area (Å²) >= 11 is 0. The number of hydrogen-bond donors (Lipinski definition) is 0. The van der Waals surface area contributed by atoms with Crippen molar-refractivity contribution in [2.24, 2.45) is 7.05 Å². The van der Waals surface area contributed by atoms with Gasteiger partial charge in [-0.25, -0.2) is 0 Å². The Kier molecular flexibility index (Phi) is 2.58. The largest absolute Gasteiger partial charge is 0.493 e. The molecular formula is C11H14N2O2. The fraction of sp³-hybridized carbons (Fsp3) is 0.455. The third-order valence-corrected chi connectivity index (χ3v) is 2.63. The lowest BCUT2D eigenvalue weighted by atomic mass is 9.96. The average Bonchev–Trinajstić information content (AvgIpc) is 2.59. The zero-order valence-corrected chi connectivity index (χ0v) is 8.99. The van der Waals surface area contributed by atoms with Gasteiger partial charge in [0.05, 0.1) is 13.3 Å². The SMILES string of the molecule is COc1cnn(C)c1C1=CC(=O)CCC1. The molecule has 80 valence electrons. The Hall–Kier alpha value is -1.58. The molecule has 0 aromatic carbocycles. The van der Waals surface area contributed by atoms with Gasteiger partial charge in [0.25, 0.3) is 0 Å². The van der Waals surface area contributed by atoms with Crippen molar-refractivity contribution in [1.29, 1.82) is 0 Å². The van der Waals surface area contributed by atoms with E-state index in [2.05, 4.69) is 5.10 Å². The lowest BCUT2D eigenvalue weighted by molar-refractivity contribution is -0.114. The topological polar surface area (TPSA) is 44.1 Å². The van der Waals surface area contributed by atoms with Gasteiger partial charge < -0.3 is 4.74 Å². The van der Waals surface area contributed by atoms with Crippen LogP contribution in [-0.2, 0) is 11.8 Å². The van der Waals surface area contributed by atoms with Gasteiger partial charge >= 0.3 is 0 Å². The highest BCUT2D eigenvalue weighted by atomic mass is 16.5. The van der Waals surface area contributed by atoms with E-state index in [-0.39, 0.29) is 5.78 Å². The molecule has 1 aromatic rings. The van der Waals surface area contributed by atoms with Gasteiger partial charge in [0, 0.05) is 13.5 Å². The van der Waals surface area contributed by atoms with Gasteiger partial charge in [0.2, 0.25) is 0 Å². The Labute approximate surface area is 88.5 Å². The summed E-state index contributed by atoms with van der Waals surface area (Å²) in [6.45, 7) is 0. The monoisotopic (exact) mass is 206 g/mol. The van der Waals surface area contributed by atoms with E-state index >= 15 is 0 Å². The second-order valence-corrected chi connectivity index (χ2v) is 3.67. The molecule has 0 radical (unpaired) electrons. The number of nitrogens with zero attached hydrogens (tertiary/aromatic N) is 2. The Balaban J connectivity index is 2.43. The number of carbonyl (C=O) groups excluding carboxylic acids is 1. The Bertz CT molecular complexity index is 418. The quantitative estimate of drug-likeness (QED) is 0.737. The molecule has 0 amide bonds. The summed E-state index contributed by atoms with van der Waals surface area (Å²) in [6, 6.07) is 0. The first-order valence-corrected chi connectivity index (χ1v) is 5.02. The van der Waals surface area contributed by atoms with Gasteiger partial charge in [-0.2, -0.15) is 5.10 Å². The Morgan fingerprint density at radius 1 is 1.47 bits per heavy atom. The standard InChI is InChI=1S/C11H14N2O2/c1-13-11(10(15-2)7-12-13)8-4-3-5-9(14)6-8/h6-7H,3-5H2,1-2H3. The molecular weight excluding hydrogens is 192 g/mol. The highest BCUT2D eigenvalue weighted by molar-refractivity contribution is 5.98. The maximum atomic E-state index is 11.3. The van der Waals surface area contributed by atoms with E-state index in [1.54, 1.807) is 24.1 Å². The molecule has 0 saturated heterocycles. The molecule has 1 aromatic heterocycles. The van der Waals surface area contributed by atoms with Crippen molar-refractivity contribution in [3.63, 3.8) is 0 Å². The van der Waals surface area contributed by atoms with Crippen LogP contribution < -0.4 is 4.74 Å². The minimum atomic E-state index is 0.194. The predicted molar refractivity (Wildman–Crippen MR) is 56.6 cm³/mol. The van der Waals surface area contributed by atoms with Gasteiger partial charge in [-0.1, -0.05) is 0 Å². The molecule has 0 aliphatic heterocycles. The number of aryl methyl sites for hydroxylation is 1. The maximum absolute atomic E-state index is 11.3. The zero-order valence-electron chi connectivity index (χ0n) is 8.99. The predicted octanol–water partition coefficient (Wildman–Crippen LogP) is 1.57. The van der Waals surface area contributed by atoms with Crippen LogP contribution in [0.1, 0.15) is 25.0 Å². The lowest BCUT2D eigenvalue weighted by Gasteiger charge is -2.13. The average molecular weight is 206 g/mol. The van der Waals surface area contributed by atoms with Crippen LogP contribution in [0.2, 0.25) is 0 Å². The second kappa shape index (κ2) is 3.88. The summed E-state index contributed by atoms with van der Waals surface area (Å²) in [5, 5.41) is 4.13. The van der Waals surface area contributed by atoms with Gasteiger partial charge in [-0.05, 0) is 24.5 Å². The molecule has 1 aliphatic rings. The molecule has 0 unspecified atom stereocenters. The number of hydrogen-bond acceptors (Lipinski definition) is 3. The third kappa shape index (κ3) is 1.79. The first-order valence-electron chi connectivity index (χ1n) is 5.02. The van der Waals surface area contributed by atoms with Crippen LogP contribution in [0.5, 0.6) is 5.75 Å². The van der Waals surface area contributed by atoms with Crippen LogP contribution in [0.25, 0.3) is 5.57 Å². The first kappa shape index (κ1) is 9.96. The molecule has 4 nitrogen and oxygen atoms in total. The number of carbonyl (C=O) groups is 1. The molecule has 1 heterocycles. The van der Waals surface area contributed by atoms with E-state index in [9.17, 15) is 4.79 Å². The number of rotatable bonds is 2. The summed E-state index contributed by atoms with van der Waals surface area (Å²) in [6.07, 6.45) is 5.88. The highest BCUT2D eigenvalue weighted by Crippen LogP contribution is 2.31. The van der Waals surface area contributed by atoms with Crippen LogP contribution in [0.3, 0.4) is 0 Å². The third-order valence-electron chi connectivity index (χ3n) is 2.63. The van der Waals surface area contributed by atoms with Crippen LogP contribution in [0, 0.1) is 0 Å². The van der Waals surface area contributed by atoms with Crippen molar-refractivity contribution in [2.75, 3.05) is 7.11 Å². The van der Waals surface area contributed by atoms with Crippen molar-refractivity contribution >= 4 is 11.4 Å². The smallest absolute Gasteiger partial charge is 0.164 e. The lowest BCUT2D eigenvalue weighted by Crippen LogP contribution is -2.06. The first-order chi connectivity index (χ1) is 7.22. The molecule has 0 spiro atoms. The van der Waals surface area contributed by atoms with Crippen molar-refractivity contribution < 1.29 is 9.53 Å². The molecule has 0 bridgehead atoms. The van der Waals surface area contributed by atoms with E-state index < -0.39 is 0 Å². The van der Waals surface area contributed by atoms with Gasteiger partial charge in [0.1, 0.15) is 5.69 Å². The molecule has 0 saturated carbocycles. The molecule has 0 atom stereocenters. The van der Waals surface area contributed by atoms with E-state index in [1.807, 2.05) is 7.05 Å². The Morgan fingerprint density at radius 3 is 2.93 bits per heavy atom. The highest BCUT2D eigenvalue weighted by Gasteiger charge is 2.18. The number of ether oxygens (including phenoxy) is 1. The van der Waals surface area contributed by atoms with Crippen molar-refractivity contribution in [3.8, 4) is 5.75 Å². The van der Waals surface area contributed by atoms with Crippen molar-refractivity contribution in [3.05, 3.63) is 18.0 Å². The second-order valence-electron chi connectivity index (χ2n) is 3.67. The summed E-state index contributed by atoms with van der Waals surface area (Å²) in [5.41, 5.74) is 1.95. The van der Waals surface area contributed by atoms with Crippen LogP contribution in [-0.4, -0.2) is 22.7 Å². The normalized spacial score (nSPS) is 16.4. The van der Waals surface area contributed by atoms with E-state index in [0.29, 0.717) is 6.42 Å². The summed E-state index contributed by atoms with van der Waals surface area (Å²) in [7, 11) is 3.48. The van der Waals surface area contributed by atoms with Crippen LogP contribution >= 0.6 is 0 Å². The molecule has 1 aliphatic carbocycles. The maximum Gasteiger partial charge on any atom is 0.164 e. The van der Waals surface area contributed by atoms with Gasteiger partial charge in [0.15, 0.2) is 11.5 Å². The van der Waals surface area contributed by atoms with Crippen molar-refractivity contribution in [1.82, 2.24) is 9.78 Å². The number of aromatic nitrogens is 2. The van der Waals surface area contributed by atoms with Gasteiger partial charge in [-0.3, -0.25) is 9.48 Å². The Morgan fingerprint density at radius 2 is 2.27 bits per heavy atom. The van der Waals surface area contributed by atoms with E-state index in [0.717, 1.165) is 29.9 Å².